The molecule has 1 N–H and O–H groups in total. The Hall–Kier alpha value is -3.03. The molecular weight excluding hydrogens is 396 g/mol. The Morgan fingerprint density at radius 2 is 1.80 bits per heavy atom. The van der Waals surface area contributed by atoms with Crippen molar-refractivity contribution in [1.29, 1.82) is 0 Å². The molecule has 0 bridgehead atoms. The number of H-pyrrole nitrogens is 1. The number of sulfonamides is 1. The van der Waals surface area contributed by atoms with Crippen molar-refractivity contribution in [3.63, 3.8) is 0 Å². The van der Waals surface area contributed by atoms with Gasteiger partial charge in [0, 0.05) is 30.6 Å². The van der Waals surface area contributed by atoms with Gasteiger partial charge in [0.15, 0.2) is 0 Å². The Kier molecular flexibility index (Phi) is 4.84. The monoisotopic (exact) mass is 418 g/mol. The van der Waals surface area contributed by atoms with Crippen LogP contribution in [0.15, 0.2) is 78.0 Å². The Morgan fingerprint density at radius 1 is 0.967 bits per heavy atom. The average Bonchev–Trinajstić information content (AvgIpc) is 3.30. The lowest BCUT2D eigenvalue weighted by Gasteiger charge is -2.31. The van der Waals surface area contributed by atoms with Gasteiger partial charge in [-0.2, -0.15) is 4.31 Å². The fourth-order valence-electron chi connectivity index (χ4n) is 4.12. The number of fused-ring (bicyclic) bond motifs is 1. The molecule has 0 aliphatic carbocycles. The number of rotatable bonds is 4. The van der Waals surface area contributed by atoms with Crippen LogP contribution < -0.4 is 0 Å². The molecule has 1 atom stereocenters. The van der Waals surface area contributed by atoms with Crippen LogP contribution in [-0.4, -0.2) is 40.8 Å². The number of pyridine rings is 1. The minimum absolute atomic E-state index is 0.0360. The summed E-state index contributed by atoms with van der Waals surface area (Å²) in [6, 6.07) is 19.0. The van der Waals surface area contributed by atoms with Gasteiger partial charge < -0.3 is 4.98 Å². The van der Waals surface area contributed by atoms with Crippen molar-refractivity contribution in [3.8, 4) is 11.3 Å². The highest BCUT2D eigenvalue weighted by molar-refractivity contribution is 7.89. The van der Waals surface area contributed by atoms with E-state index in [1.807, 2.05) is 54.7 Å². The van der Waals surface area contributed by atoms with E-state index in [2.05, 4.69) is 15.0 Å². The van der Waals surface area contributed by atoms with E-state index in [0.717, 1.165) is 35.3 Å². The first-order valence-corrected chi connectivity index (χ1v) is 11.5. The van der Waals surface area contributed by atoms with E-state index < -0.39 is 10.0 Å². The molecule has 30 heavy (non-hydrogen) atoms. The van der Waals surface area contributed by atoms with Crippen LogP contribution in [0.5, 0.6) is 0 Å². The van der Waals surface area contributed by atoms with Crippen molar-refractivity contribution >= 4 is 20.9 Å². The lowest BCUT2D eigenvalue weighted by atomic mass is 9.99. The second-order valence-electron chi connectivity index (χ2n) is 7.58. The summed E-state index contributed by atoms with van der Waals surface area (Å²) in [4.78, 5) is 12.6. The molecule has 152 valence electrons. The highest BCUT2D eigenvalue weighted by Crippen LogP contribution is 2.32. The van der Waals surface area contributed by atoms with Gasteiger partial charge in [0.2, 0.25) is 10.0 Å². The van der Waals surface area contributed by atoms with Gasteiger partial charge in [0.25, 0.3) is 0 Å². The molecule has 0 saturated carbocycles. The van der Waals surface area contributed by atoms with Gasteiger partial charge >= 0.3 is 0 Å². The van der Waals surface area contributed by atoms with E-state index in [1.165, 1.54) is 0 Å². The van der Waals surface area contributed by atoms with Gasteiger partial charge in [-0.05, 0) is 30.5 Å². The van der Waals surface area contributed by atoms with Crippen molar-refractivity contribution in [3.05, 3.63) is 78.9 Å². The summed E-state index contributed by atoms with van der Waals surface area (Å²) >= 11 is 0. The fourth-order valence-corrected chi connectivity index (χ4v) is 5.81. The van der Waals surface area contributed by atoms with Crippen molar-refractivity contribution < 1.29 is 8.42 Å². The maximum atomic E-state index is 13.5. The second-order valence-corrected chi connectivity index (χ2v) is 9.49. The number of benzene rings is 2. The largest absolute Gasteiger partial charge is 0.342 e. The van der Waals surface area contributed by atoms with Gasteiger partial charge in [0.1, 0.15) is 10.7 Å². The molecule has 2 aromatic heterocycles. The van der Waals surface area contributed by atoms with Crippen LogP contribution in [0.25, 0.3) is 22.2 Å². The third-order valence-corrected chi connectivity index (χ3v) is 7.56. The van der Waals surface area contributed by atoms with Gasteiger partial charge in [-0.15, -0.1) is 0 Å². The summed E-state index contributed by atoms with van der Waals surface area (Å²) in [5, 5.41) is 0.825. The molecule has 0 unspecified atom stereocenters. The second kappa shape index (κ2) is 7.66. The molecule has 1 fully saturated rings. The van der Waals surface area contributed by atoms with Gasteiger partial charge in [0.05, 0.1) is 17.4 Å². The van der Waals surface area contributed by atoms with Crippen molar-refractivity contribution in [2.75, 3.05) is 13.1 Å². The smallest absolute Gasteiger partial charge is 0.245 e. The van der Waals surface area contributed by atoms with Crippen molar-refractivity contribution in [2.45, 2.75) is 23.7 Å². The molecule has 2 aromatic carbocycles. The summed E-state index contributed by atoms with van der Waals surface area (Å²) in [6.07, 6.45) is 5.16. The third kappa shape index (κ3) is 3.40. The van der Waals surface area contributed by atoms with Crippen LogP contribution in [0.2, 0.25) is 0 Å². The Bertz CT molecular complexity index is 1280. The summed E-state index contributed by atoms with van der Waals surface area (Å²) in [7, 11) is -3.65. The molecule has 0 spiro atoms. The zero-order chi connectivity index (χ0) is 20.6. The first-order chi connectivity index (χ1) is 14.6. The fraction of sp³-hybridized carbons (Fsp3) is 0.217. The van der Waals surface area contributed by atoms with Crippen LogP contribution in [0.3, 0.4) is 0 Å². The van der Waals surface area contributed by atoms with Gasteiger partial charge in [-0.3, -0.25) is 4.98 Å². The Morgan fingerprint density at radius 3 is 2.67 bits per heavy atom. The van der Waals surface area contributed by atoms with Crippen LogP contribution in [0.4, 0.5) is 0 Å². The predicted molar refractivity (Wildman–Crippen MR) is 117 cm³/mol. The molecule has 1 aliphatic heterocycles. The number of nitrogens with one attached hydrogen (secondary N) is 1. The number of piperidine rings is 1. The van der Waals surface area contributed by atoms with E-state index in [1.54, 1.807) is 22.6 Å². The summed E-state index contributed by atoms with van der Waals surface area (Å²) in [5.41, 5.74) is 2.54. The molecule has 0 amide bonds. The molecule has 5 rings (SSSR count). The minimum atomic E-state index is -3.65. The normalized spacial score (nSPS) is 17.9. The number of imidazole rings is 1. The number of hydrogen-bond acceptors (Lipinski definition) is 4. The Labute approximate surface area is 175 Å². The number of para-hydroxylation sites is 1. The van der Waals surface area contributed by atoms with Gasteiger partial charge in [-0.1, -0.05) is 48.5 Å². The van der Waals surface area contributed by atoms with E-state index in [0.29, 0.717) is 18.6 Å². The zero-order valence-electron chi connectivity index (χ0n) is 16.4. The number of hydrogen-bond donors (Lipinski definition) is 1. The third-order valence-electron chi connectivity index (χ3n) is 5.66. The maximum absolute atomic E-state index is 13.5. The lowest BCUT2D eigenvalue weighted by Crippen LogP contribution is -2.39. The molecular formula is C23H22N4O2S. The Balaban J connectivity index is 1.43. The molecule has 0 radical (unpaired) electrons. The molecule has 1 saturated heterocycles. The van der Waals surface area contributed by atoms with E-state index in [9.17, 15) is 8.42 Å². The van der Waals surface area contributed by atoms with Crippen LogP contribution in [-0.2, 0) is 10.0 Å². The highest BCUT2D eigenvalue weighted by Gasteiger charge is 2.33. The molecule has 6 nitrogen and oxygen atoms in total. The topological polar surface area (TPSA) is 79.0 Å². The SMILES string of the molecule is O=S(=O)(c1cccc2cccnc12)N1CCC[C@@H](c2ncc(-c3ccccc3)[nH]2)C1. The summed E-state index contributed by atoms with van der Waals surface area (Å²) in [5.74, 6) is 0.874. The van der Waals surface area contributed by atoms with Crippen LogP contribution >= 0.6 is 0 Å². The number of aromatic nitrogens is 3. The standard InChI is InChI=1S/C23H22N4O2S/c28-30(29,21-12-4-9-18-10-5-13-24-22(18)21)27-14-6-11-19(16-27)23-25-15-20(26-23)17-7-2-1-3-8-17/h1-5,7-10,12-13,15,19H,6,11,14,16H2,(H,25,26)/t19-/m1/s1. The quantitative estimate of drug-likeness (QED) is 0.539. The molecule has 7 heteroatoms. The molecule has 4 aromatic rings. The highest BCUT2D eigenvalue weighted by atomic mass is 32.2. The van der Waals surface area contributed by atoms with Crippen molar-refractivity contribution in [1.82, 2.24) is 19.3 Å². The number of aromatic amines is 1. The average molecular weight is 419 g/mol. The van der Waals surface area contributed by atoms with E-state index in [-0.39, 0.29) is 10.8 Å². The summed E-state index contributed by atoms with van der Waals surface area (Å²) < 4.78 is 28.5. The molecule has 3 heterocycles. The zero-order valence-corrected chi connectivity index (χ0v) is 17.2. The lowest BCUT2D eigenvalue weighted by molar-refractivity contribution is 0.310. The predicted octanol–water partition coefficient (Wildman–Crippen LogP) is 4.19. The molecule has 1 aliphatic rings. The first-order valence-electron chi connectivity index (χ1n) is 10.1. The van der Waals surface area contributed by atoms with Crippen molar-refractivity contribution in [2.24, 2.45) is 0 Å². The van der Waals surface area contributed by atoms with Gasteiger partial charge in [-0.25, -0.2) is 13.4 Å². The first kappa shape index (κ1) is 19.0. The van der Waals surface area contributed by atoms with E-state index in [4.69, 9.17) is 0 Å². The van der Waals surface area contributed by atoms with E-state index >= 15 is 0 Å². The maximum Gasteiger partial charge on any atom is 0.245 e. The van der Waals surface area contributed by atoms with Crippen LogP contribution in [0, 0.1) is 0 Å². The minimum Gasteiger partial charge on any atom is -0.342 e. The van der Waals surface area contributed by atoms with Crippen LogP contribution in [0.1, 0.15) is 24.6 Å². The summed E-state index contributed by atoms with van der Waals surface area (Å²) in [6.45, 7) is 0.918. The number of nitrogens with zero attached hydrogens (tertiary/aromatic N) is 3.